The molecule has 1 aliphatic heterocycles. The number of fused-ring (bicyclic) bond motifs is 1. The average Bonchev–Trinajstić information content (AvgIpc) is 3.40. The number of carbonyl (C=O) groups is 2. The monoisotopic (exact) mass is 470 g/mol. The zero-order chi connectivity index (χ0) is 23.2. The van der Waals surface area contributed by atoms with Crippen LogP contribution in [0.25, 0.3) is 0 Å². The van der Waals surface area contributed by atoms with Crippen LogP contribution in [0.15, 0.2) is 48.5 Å². The van der Waals surface area contributed by atoms with Crippen LogP contribution in [-0.2, 0) is 34.2 Å². The number of thioether (sulfide) groups is 1. The van der Waals surface area contributed by atoms with Crippen molar-refractivity contribution in [2.45, 2.75) is 24.6 Å². The highest BCUT2D eigenvalue weighted by Gasteiger charge is 2.25. The molecule has 4 rings (SSSR count). The number of hydrogen-bond acceptors (Lipinski definition) is 6. The summed E-state index contributed by atoms with van der Waals surface area (Å²) >= 11 is 1.70. The summed E-state index contributed by atoms with van der Waals surface area (Å²) in [6, 6.07) is 12.9. The minimum atomic E-state index is -0.390. The lowest BCUT2D eigenvalue weighted by Gasteiger charge is -2.12. The normalized spacial score (nSPS) is 12.2. The summed E-state index contributed by atoms with van der Waals surface area (Å²) in [5, 5.41) is 10.2. The number of benzene rings is 2. The molecule has 2 N–H and O–H groups in total. The molecule has 8 nitrogen and oxygen atoms in total. The number of anilines is 1. The summed E-state index contributed by atoms with van der Waals surface area (Å²) < 4.78 is 25.1. The predicted molar refractivity (Wildman–Crippen MR) is 123 cm³/mol. The van der Waals surface area contributed by atoms with Crippen LogP contribution in [0.2, 0.25) is 0 Å². The maximum absolute atomic E-state index is 13.0. The number of methoxy groups -OCH3 is 1. The molecular formula is C23H23FN4O4S. The molecule has 2 amide bonds. The maximum atomic E-state index is 13.0. The number of halogens is 1. The molecule has 0 saturated heterocycles. The fourth-order valence-corrected chi connectivity index (χ4v) is 4.34. The second-order valence-electron chi connectivity index (χ2n) is 7.34. The Bertz CT molecular complexity index is 1130. The average molecular weight is 471 g/mol. The van der Waals surface area contributed by atoms with Crippen molar-refractivity contribution in [1.82, 2.24) is 15.1 Å². The Hall–Kier alpha value is -3.53. The molecule has 0 spiro atoms. The maximum Gasteiger partial charge on any atom is 0.263 e. The number of aromatic nitrogens is 2. The fraction of sp³-hybridized carbons (Fsp3) is 0.261. The first-order valence-corrected chi connectivity index (χ1v) is 11.4. The lowest BCUT2D eigenvalue weighted by Crippen LogP contribution is -2.29. The van der Waals surface area contributed by atoms with Crippen molar-refractivity contribution in [3.05, 3.63) is 71.2 Å². The van der Waals surface area contributed by atoms with Gasteiger partial charge in [-0.15, -0.1) is 0 Å². The number of amides is 2. The van der Waals surface area contributed by atoms with Gasteiger partial charge >= 0.3 is 0 Å². The van der Waals surface area contributed by atoms with E-state index in [1.807, 2.05) is 24.3 Å². The molecule has 2 heterocycles. The van der Waals surface area contributed by atoms with Gasteiger partial charge in [0.2, 0.25) is 5.91 Å². The fourth-order valence-electron chi connectivity index (χ4n) is 3.30. The summed E-state index contributed by atoms with van der Waals surface area (Å²) in [5.41, 5.74) is 2.71. The summed E-state index contributed by atoms with van der Waals surface area (Å²) in [5.74, 6) is 2.08. The Morgan fingerprint density at radius 3 is 2.52 bits per heavy atom. The molecule has 0 radical (unpaired) electrons. The van der Waals surface area contributed by atoms with Crippen molar-refractivity contribution in [3.8, 4) is 11.5 Å². The number of ether oxygens (including phenoxy) is 2. The van der Waals surface area contributed by atoms with Gasteiger partial charge in [-0.05, 0) is 42.0 Å². The van der Waals surface area contributed by atoms with Crippen LogP contribution in [0.5, 0.6) is 11.5 Å². The van der Waals surface area contributed by atoms with Crippen molar-refractivity contribution in [2.75, 3.05) is 19.0 Å². The van der Waals surface area contributed by atoms with Crippen LogP contribution in [0.1, 0.15) is 16.8 Å². The van der Waals surface area contributed by atoms with Crippen LogP contribution >= 0.6 is 11.8 Å². The molecule has 1 aromatic heterocycles. The summed E-state index contributed by atoms with van der Waals surface area (Å²) in [6.45, 7) is 0.0948. The zero-order valence-electron chi connectivity index (χ0n) is 18.0. The molecule has 0 unspecified atom stereocenters. The Morgan fingerprint density at radius 2 is 1.79 bits per heavy atom. The minimum Gasteiger partial charge on any atom is -0.497 e. The summed E-state index contributed by atoms with van der Waals surface area (Å²) in [6.07, 6.45) is 0. The zero-order valence-corrected chi connectivity index (χ0v) is 18.8. The first kappa shape index (κ1) is 22.7. The van der Waals surface area contributed by atoms with Gasteiger partial charge in [0.25, 0.3) is 5.91 Å². The van der Waals surface area contributed by atoms with E-state index in [1.165, 1.54) is 28.9 Å². The van der Waals surface area contributed by atoms with Gasteiger partial charge in [0.1, 0.15) is 29.7 Å². The van der Waals surface area contributed by atoms with E-state index in [0.717, 1.165) is 28.3 Å². The summed E-state index contributed by atoms with van der Waals surface area (Å²) in [7, 11) is 1.60. The first-order chi connectivity index (χ1) is 16.0. The van der Waals surface area contributed by atoms with E-state index in [0.29, 0.717) is 23.9 Å². The van der Waals surface area contributed by atoms with Crippen molar-refractivity contribution in [1.29, 1.82) is 0 Å². The third kappa shape index (κ3) is 5.83. The second kappa shape index (κ2) is 10.4. The number of nitrogens with zero attached hydrogens (tertiary/aromatic N) is 2. The lowest BCUT2D eigenvalue weighted by molar-refractivity contribution is -0.122. The van der Waals surface area contributed by atoms with E-state index in [2.05, 4.69) is 15.7 Å². The number of carbonyl (C=O) groups excluding carboxylic acids is 2. The molecule has 2 aromatic carbocycles. The molecule has 172 valence electrons. The van der Waals surface area contributed by atoms with Crippen LogP contribution < -0.4 is 20.1 Å². The standard InChI is InChI=1S/C23H23FN4O4S/c1-31-17-6-2-15(3-7-17)10-25-21(29)11-28-23(19-13-33-14-20(19)27-28)26-22(30)12-32-18-8-4-16(24)5-9-18/h2-9H,10-14H2,1H3,(H,25,29)(H,26,30). The van der Waals surface area contributed by atoms with E-state index in [4.69, 9.17) is 9.47 Å². The first-order valence-electron chi connectivity index (χ1n) is 10.3. The Morgan fingerprint density at radius 1 is 1.06 bits per heavy atom. The topological polar surface area (TPSA) is 94.5 Å². The van der Waals surface area contributed by atoms with E-state index in [9.17, 15) is 14.0 Å². The van der Waals surface area contributed by atoms with Crippen molar-refractivity contribution < 1.29 is 23.5 Å². The number of rotatable bonds is 9. The van der Waals surface area contributed by atoms with Crippen molar-refractivity contribution in [2.24, 2.45) is 0 Å². The Kier molecular flexibility index (Phi) is 7.13. The number of nitrogens with one attached hydrogen (secondary N) is 2. The summed E-state index contributed by atoms with van der Waals surface area (Å²) in [4.78, 5) is 25.0. The van der Waals surface area contributed by atoms with Gasteiger partial charge in [0, 0.05) is 23.6 Å². The van der Waals surface area contributed by atoms with Crippen LogP contribution in [-0.4, -0.2) is 35.3 Å². The molecule has 0 atom stereocenters. The third-order valence-corrected chi connectivity index (χ3v) is 5.97. The highest BCUT2D eigenvalue weighted by atomic mass is 32.2. The van der Waals surface area contributed by atoms with E-state index < -0.39 is 0 Å². The molecule has 10 heteroatoms. The molecule has 0 aliphatic carbocycles. The third-order valence-electron chi connectivity index (χ3n) is 5.00. The molecule has 33 heavy (non-hydrogen) atoms. The quantitative estimate of drug-likeness (QED) is 0.499. The molecule has 0 fully saturated rings. The van der Waals surface area contributed by atoms with E-state index in [-0.39, 0.29) is 30.8 Å². The SMILES string of the molecule is COc1ccc(CNC(=O)Cn2nc3c(c2NC(=O)COc2ccc(F)cc2)CSC3)cc1. The van der Waals surface area contributed by atoms with Gasteiger partial charge in [-0.2, -0.15) is 16.9 Å². The van der Waals surface area contributed by atoms with Crippen molar-refractivity contribution in [3.63, 3.8) is 0 Å². The molecule has 0 bridgehead atoms. The van der Waals surface area contributed by atoms with Crippen LogP contribution in [0, 0.1) is 5.82 Å². The van der Waals surface area contributed by atoms with Crippen LogP contribution in [0.4, 0.5) is 10.2 Å². The van der Waals surface area contributed by atoms with Gasteiger partial charge in [-0.3, -0.25) is 9.59 Å². The van der Waals surface area contributed by atoms with Gasteiger partial charge in [0.05, 0.1) is 12.8 Å². The molecule has 3 aromatic rings. The lowest BCUT2D eigenvalue weighted by atomic mass is 10.2. The van der Waals surface area contributed by atoms with E-state index >= 15 is 0 Å². The van der Waals surface area contributed by atoms with Gasteiger partial charge in [-0.25, -0.2) is 9.07 Å². The van der Waals surface area contributed by atoms with Crippen LogP contribution in [0.3, 0.4) is 0 Å². The Labute approximate surface area is 194 Å². The smallest absolute Gasteiger partial charge is 0.263 e. The van der Waals surface area contributed by atoms with Gasteiger partial charge < -0.3 is 20.1 Å². The molecule has 0 saturated carbocycles. The largest absolute Gasteiger partial charge is 0.497 e. The Balaban J connectivity index is 1.36. The highest BCUT2D eigenvalue weighted by molar-refractivity contribution is 7.98. The van der Waals surface area contributed by atoms with Gasteiger partial charge in [-0.1, -0.05) is 12.1 Å². The predicted octanol–water partition coefficient (Wildman–Crippen LogP) is 3.11. The number of hydrogen-bond donors (Lipinski definition) is 2. The molecule has 1 aliphatic rings. The molecular weight excluding hydrogens is 447 g/mol. The highest BCUT2D eigenvalue weighted by Crippen LogP contribution is 2.34. The minimum absolute atomic E-state index is 0.0255. The second-order valence-corrected chi connectivity index (χ2v) is 8.33. The van der Waals surface area contributed by atoms with Gasteiger partial charge in [0.15, 0.2) is 6.61 Å². The van der Waals surface area contributed by atoms with Crippen molar-refractivity contribution >= 4 is 29.4 Å². The van der Waals surface area contributed by atoms with E-state index in [1.54, 1.807) is 18.9 Å².